The molecule has 0 radical (unpaired) electrons. The topological polar surface area (TPSA) is 55.2 Å². The lowest BCUT2D eigenvalue weighted by Gasteiger charge is -2.06. The maximum absolute atomic E-state index is 14.0. The van der Waals surface area contributed by atoms with E-state index in [-0.39, 0.29) is 18.5 Å². The highest BCUT2D eigenvalue weighted by Gasteiger charge is 2.07. The fourth-order valence-corrected chi connectivity index (χ4v) is 2.23. The van der Waals surface area contributed by atoms with E-state index >= 15 is 0 Å². The minimum atomic E-state index is -0.454. The first-order valence-corrected chi connectivity index (χ1v) is 8.30. The lowest BCUT2D eigenvalue weighted by molar-refractivity contribution is 0.182. The zero-order valence-corrected chi connectivity index (χ0v) is 14.4. The van der Waals surface area contributed by atoms with Gasteiger partial charge >= 0.3 is 0 Å². The predicted molar refractivity (Wildman–Crippen MR) is 97.7 cm³/mol. The molecule has 25 heavy (non-hydrogen) atoms. The third-order valence-electron chi connectivity index (χ3n) is 3.52. The molecule has 1 heterocycles. The molecule has 0 saturated heterocycles. The van der Waals surface area contributed by atoms with Gasteiger partial charge in [-0.25, -0.2) is 14.4 Å². The molecule has 0 spiro atoms. The van der Waals surface area contributed by atoms with Crippen LogP contribution < -0.4 is 4.74 Å². The van der Waals surface area contributed by atoms with Crippen LogP contribution in [0.1, 0.15) is 31.7 Å². The highest BCUT2D eigenvalue weighted by atomic mass is 19.1. The molecule has 1 unspecified atom stereocenters. The normalized spacial score (nSPS) is 12.3. The summed E-state index contributed by atoms with van der Waals surface area (Å²) < 4.78 is 19.2. The van der Waals surface area contributed by atoms with Crippen LogP contribution in [0.5, 0.6) is 5.75 Å². The monoisotopic (exact) mass is 342 g/mol. The van der Waals surface area contributed by atoms with Crippen molar-refractivity contribution in [1.29, 1.82) is 0 Å². The van der Waals surface area contributed by atoms with Crippen LogP contribution in [0, 0.1) is 5.82 Å². The second-order valence-corrected chi connectivity index (χ2v) is 5.77. The number of allylic oxidation sites excluding steroid dienone is 1. The van der Waals surface area contributed by atoms with Crippen LogP contribution in [0.25, 0.3) is 17.5 Å². The number of hydrogen-bond acceptors (Lipinski definition) is 4. The van der Waals surface area contributed by atoms with Gasteiger partial charge in [-0.1, -0.05) is 24.8 Å². The van der Waals surface area contributed by atoms with E-state index in [4.69, 9.17) is 4.74 Å². The van der Waals surface area contributed by atoms with Crippen molar-refractivity contribution < 1.29 is 14.2 Å². The minimum Gasteiger partial charge on any atom is -0.486 e. The van der Waals surface area contributed by atoms with E-state index in [9.17, 15) is 9.50 Å². The maximum atomic E-state index is 14.0. The number of benzene rings is 1. The van der Waals surface area contributed by atoms with E-state index in [2.05, 4.69) is 16.5 Å². The zero-order chi connectivity index (χ0) is 18.1. The number of halogens is 1. The second kappa shape index (κ2) is 9.69. The molecule has 1 aromatic heterocycles. The molecule has 4 nitrogen and oxygen atoms in total. The summed E-state index contributed by atoms with van der Waals surface area (Å²) in [5.41, 5.74) is 1.48. The fourth-order valence-electron chi connectivity index (χ4n) is 2.23. The first kappa shape index (κ1) is 18.8. The van der Waals surface area contributed by atoms with Crippen LogP contribution in [0.3, 0.4) is 0 Å². The molecule has 5 heteroatoms. The Bertz CT molecular complexity index is 712. The minimum absolute atomic E-state index is 0.181. The highest BCUT2D eigenvalue weighted by molar-refractivity contribution is 5.57. The summed E-state index contributed by atoms with van der Waals surface area (Å²) in [7, 11) is 0. The van der Waals surface area contributed by atoms with Gasteiger partial charge in [0.05, 0.1) is 6.10 Å². The third kappa shape index (κ3) is 6.12. The fraction of sp³-hybridized carbons (Fsp3) is 0.300. The number of aromatic nitrogens is 2. The number of nitrogens with zero attached hydrogens (tertiary/aromatic N) is 2. The summed E-state index contributed by atoms with van der Waals surface area (Å²) in [4.78, 5) is 8.57. The van der Waals surface area contributed by atoms with Crippen LogP contribution in [0.2, 0.25) is 0 Å². The molecule has 0 bridgehead atoms. The molecular formula is C20H23FN2O2. The number of aliphatic hydroxyl groups excluding tert-OH is 1. The molecule has 1 atom stereocenters. The molecule has 1 aromatic carbocycles. The van der Waals surface area contributed by atoms with E-state index in [1.165, 1.54) is 6.07 Å². The van der Waals surface area contributed by atoms with Crippen molar-refractivity contribution in [2.24, 2.45) is 0 Å². The summed E-state index contributed by atoms with van der Waals surface area (Å²) in [6.07, 6.45) is 11.3. The number of unbranched alkanes of at least 4 members (excludes halogenated alkanes) is 1. The van der Waals surface area contributed by atoms with Crippen molar-refractivity contribution in [3.05, 3.63) is 60.7 Å². The van der Waals surface area contributed by atoms with E-state index in [0.29, 0.717) is 11.4 Å². The lowest BCUT2D eigenvalue weighted by atomic mass is 10.1. The molecule has 0 aliphatic carbocycles. The third-order valence-corrected chi connectivity index (χ3v) is 3.52. The van der Waals surface area contributed by atoms with Gasteiger partial charge in [-0.15, -0.1) is 0 Å². The molecule has 2 aromatic rings. The van der Waals surface area contributed by atoms with Crippen LogP contribution in [0.15, 0.2) is 49.3 Å². The predicted octanol–water partition coefficient (Wildman–Crippen LogP) is 4.41. The molecule has 132 valence electrons. The quantitative estimate of drug-likeness (QED) is 0.542. The van der Waals surface area contributed by atoms with Crippen molar-refractivity contribution >= 4 is 6.08 Å². The van der Waals surface area contributed by atoms with E-state index in [0.717, 1.165) is 24.8 Å². The Morgan fingerprint density at radius 3 is 2.72 bits per heavy atom. The Morgan fingerprint density at radius 1 is 1.32 bits per heavy atom. The molecule has 2 rings (SSSR count). The molecule has 0 aliphatic heterocycles. The van der Waals surface area contributed by atoms with Crippen LogP contribution in [-0.4, -0.2) is 27.8 Å². The molecule has 0 amide bonds. The van der Waals surface area contributed by atoms with Crippen molar-refractivity contribution in [2.45, 2.75) is 32.3 Å². The maximum Gasteiger partial charge on any atom is 0.165 e. The summed E-state index contributed by atoms with van der Waals surface area (Å²) in [5, 5.41) is 9.20. The number of ether oxygens (including phenoxy) is 1. The van der Waals surface area contributed by atoms with Crippen molar-refractivity contribution in [3.63, 3.8) is 0 Å². The van der Waals surface area contributed by atoms with Gasteiger partial charge in [0.2, 0.25) is 0 Å². The standard InChI is InChI=1S/C20H23FN2O2/c1-3-11-25-19-10-9-17(12-18(19)21)20-22-13-16(14-23-20)8-6-4-5-7-15(2)24/h3,6,8-10,12-15,24H,1,4-5,7,11H2,2H3. The van der Waals surface area contributed by atoms with Gasteiger partial charge in [-0.05, 0) is 44.4 Å². The number of hydrogen-bond donors (Lipinski definition) is 1. The highest BCUT2D eigenvalue weighted by Crippen LogP contribution is 2.23. The smallest absolute Gasteiger partial charge is 0.165 e. The average molecular weight is 342 g/mol. The summed E-state index contributed by atoms with van der Waals surface area (Å²) in [6.45, 7) is 5.58. The Morgan fingerprint density at radius 2 is 2.08 bits per heavy atom. The van der Waals surface area contributed by atoms with Gasteiger partial charge in [0, 0.05) is 23.5 Å². The molecule has 1 N–H and O–H groups in total. The second-order valence-electron chi connectivity index (χ2n) is 5.77. The Balaban J connectivity index is 1.98. The van der Waals surface area contributed by atoms with Gasteiger partial charge < -0.3 is 9.84 Å². The Labute approximate surface area is 147 Å². The van der Waals surface area contributed by atoms with E-state index < -0.39 is 5.82 Å². The van der Waals surface area contributed by atoms with Gasteiger partial charge in [-0.3, -0.25) is 0 Å². The van der Waals surface area contributed by atoms with Gasteiger partial charge in [-0.2, -0.15) is 0 Å². The summed E-state index contributed by atoms with van der Waals surface area (Å²) >= 11 is 0. The zero-order valence-electron chi connectivity index (χ0n) is 14.4. The first-order valence-electron chi connectivity index (χ1n) is 8.30. The first-order chi connectivity index (χ1) is 12.1. The number of aliphatic hydroxyl groups is 1. The lowest BCUT2D eigenvalue weighted by Crippen LogP contribution is -1.97. The van der Waals surface area contributed by atoms with Crippen LogP contribution >= 0.6 is 0 Å². The molecule has 0 fully saturated rings. The van der Waals surface area contributed by atoms with E-state index in [1.54, 1.807) is 37.5 Å². The van der Waals surface area contributed by atoms with Gasteiger partial charge in [0.25, 0.3) is 0 Å². The van der Waals surface area contributed by atoms with Crippen LogP contribution in [-0.2, 0) is 0 Å². The van der Waals surface area contributed by atoms with Crippen molar-refractivity contribution in [3.8, 4) is 17.1 Å². The molecule has 0 aliphatic rings. The number of rotatable bonds is 9. The molecule has 0 saturated carbocycles. The molecular weight excluding hydrogens is 319 g/mol. The van der Waals surface area contributed by atoms with Crippen molar-refractivity contribution in [1.82, 2.24) is 9.97 Å². The Kier molecular flexibility index (Phi) is 7.29. The Hall–Kier alpha value is -2.53. The summed E-state index contributed by atoms with van der Waals surface area (Å²) in [5.74, 6) is 0.186. The van der Waals surface area contributed by atoms with Gasteiger partial charge in [0.15, 0.2) is 17.4 Å². The average Bonchev–Trinajstić information content (AvgIpc) is 2.60. The largest absolute Gasteiger partial charge is 0.486 e. The SMILES string of the molecule is C=CCOc1ccc(-c2ncc(C=CCCCC(C)O)cn2)cc1F. The van der Waals surface area contributed by atoms with Gasteiger partial charge in [0.1, 0.15) is 6.61 Å². The van der Waals surface area contributed by atoms with Crippen LogP contribution in [0.4, 0.5) is 4.39 Å². The van der Waals surface area contributed by atoms with Crippen molar-refractivity contribution in [2.75, 3.05) is 6.61 Å². The summed E-state index contributed by atoms with van der Waals surface area (Å²) in [6, 6.07) is 4.65. The van der Waals surface area contributed by atoms with E-state index in [1.807, 2.05) is 12.2 Å².